The van der Waals surface area contributed by atoms with Gasteiger partial charge in [0.15, 0.2) is 6.04 Å². The van der Waals surface area contributed by atoms with Crippen molar-refractivity contribution < 1.29 is 28.7 Å². The first-order valence-electron chi connectivity index (χ1n) is 15.9. The summed E-state index contributed by atoms with van der Waals surface area (Å²) < 4.78 is 3.79. The molecule has 4 rings (SSSR count). The number of carbonyl (C=O) groups is 4. The third-order valence-electron chi connectivity index (χ3n) is 8.38. The fourth-order valence-corrected chi connectivity index (χ4v) is 6.35. The number of nitrogens with two attached hydrogens (primary N) is 1. The average molecular weight is 666 g/mol. The van der Waals surface area contributed by atoms with Crippen LogP contribution >= 0.6 is 11.6 Å². The highest BCUT2D eigenvalue weighted by molar-refractivity contribution is 6.30. The average Bonchev–Trinajstić information content (AvgIpc) is 3.14. The second kappa shape index (κ2) is 14.8. The lowest BCUT2D eigenvalue weighted by atomic mass is 9.96. The van der Waals surface area contributed by atoms with Crippen molar-refractivity contribution >= 4 is 46.2 Å². The number of hydroxylamine groups is 2. The van der Waals surface area contributed by atoms with E-state index >= 15 is 0 Å². The van der Waals surface area contributed by atoms with Crippen molar-refractivity contribution in [3.63, 3.8) is 0 Å². The number of ether oxygens (including phenoxy) is 1. The van der Waals surface area contributed by atoms with E-state index in [1.807, 2.05) is 42.5 Å². The third-order valence-corrected chi connectivity index (χ3v) is 8.62. The van der Waals surface area contributed by atoms with Crippen LogP contribution in [0.1, 0.15) is 64.6 Å². The van der Waals surface area contributed by atoms with Crippen molar-refractivity contribution in [2.24, 2.45) is 5.73 Å². The van der Waals surface area contributed by atoms with Crippen LogP contribution in [-0.4, -0.2) is 75.8 Å². The fraction of sp³-hybridized carbons (Fsp3) is 0.429. The lowest BCUT2D eigenvalue weighted by molar-refractivity contribution is -0.933. The SMILES string of the molecule is CC[N+]([O-])(C(=O)CCNC(=O)OC(C)(C)C)N1C(C)CCN(C(Cc2cccc3ccccc23)C(N)=O)C(=O)C1c1cccc(Cl)c1. The molecule has 1 aliphatic heterocycles. The molecule has 3 aromatic carbocycles. The van der Waals surface area contributed by atoms with Crippen molar-refractivity contribution in [1.82, 2.24) is 15.2 Å². The van der Waals surface area contributed by atoms with E-state index in [9.17, 15) is 24.4 Å². The van der Waals surface area contributed by atoms with Gasteiger partial charge in [0.25, 0.3) is 5.91 Å². The number of amides is 4. The predicted molar refractivity (Wildman–Crippen MR) is 180 cm³/mol. The molecule has 4 unspecified atom stereocenters. The van der Waals surface area contributed by atoms with E-state index in [1.54, 1.807) is 58.9 Å². The van der Waals surface area contributed by atoms with E-state index in [2.05, 4.69) is 5.32 Å². The number of hydrogen-bond acceptors (Lipinski definition) is 7. The van der Waals surface area contributed by atoms with Gasteiger partial charge in [-0.15, -0.1) is 5.01 Å². The van der Waals surface area contributed by atoms with Crippen molar-refractivity contribution in [2.45, 2.75) is 77.6 Å². The van der Waals surface area contributed by atoms with Crippen LogP contribution in [0, 0.1) is 5.21 Å². The van der Waals surface area contributed by atoms with Gasteiger partial charge in [-0.1, -0.05) is 66.2 Å². The van der Waals surface area contributed by atoms with Gasteiger partial charge in [0.1, 0.15) is 18.2 Å². The Morgan fingerprint density at radius 3 is 2.45 bits per heavy atom. The van der Waals surface area contributed by atoms with Gasteiger partial charge in [-0.3, -0.25) is 9.59 Å². The van der Waals surface area contributed by atoms with Crippen molar-refractivity contribution in [1.29, 1.82) is 0 Å². The summed E-state index contributed by atoms with van der Waals surface area (Å²) >= 11 is 6.38. The Balaban J connectivity index is 1.72. The number of halogens is 1. The quantitative estimate of drug-likeness (QED) is 0.222. The lowest BCUT2D eigenvalue weighted by Gasteiger charge is -2.50. The molecule has 0 radical (unpaired) electrons. The number of hydrogen-bond donors (Lipinski definition) is 2. The molecule has 1 saturated heterocycles. The summed E-state index contributed by atoms with van der Waals surface area (Å²) in [7, 11) is 0. The van der Waals surface area contributed by atoms with Crippen LogP contribution in [0.4, 0.5) is 4.79 Å². The summed E-state index contributed by atoms with van der Waals surface area (Å²) in [6.45, 7) is 8.30. The van der Waals surface area contributed by atoms with Crippen LogP contribution in [0.5, 0.6) is 0 Å². The number of quaternary nitrogens is 1. The van der Waals surface area contributed by atoms with E-state index < -0.39 is 52.3 Å². The molecule has 4 atom stereocenters. The lowest BCUT2D eigenvalue weighted by Crippen LogP contribution is -2.65. The largest absolute Gasteiger partial charge is 0.604 e. The second-order valence-corrected chi connectivity index (χ2v) is 13.3. The molecule has 0 saturated carbocycles. The van der Waals surface area contributed by atoms with Gasteiger partial charge in [-0.05, 0) is 75.1 Å². The first-order valence-corrected chi connectivity index (χ1v) is 16.2. The van der Waals surface area contributed by atoms with Gasteiger partial charge in [-0.25, -0.2) is 14.3 Å². The summed E-state index contributed by atoms with van der Waals surface area (Å²) in [4.78, 5) is 55.2. The Morgan fingerprint density at radius 1 is 1.11 bits per heavy atom. The molecule has 4 amide bonds. The molecule has 3 aromatic rings. The number of carbonyl (C=O) groups excluding carboxylic acids is 4. The molecular formula is C35H44ClN5O6. The van der Waals surface area contributed by atoms with E-state index in [0.717, 1.165) is 16.3 Å². The number of fused-ring (bicyclic) bond motifs is 1. The Labute approximate surface area is 280 Å². The summed E-state index contributed by atoms with van der Waals surface area (Å²) in [6.07, 6.45) is -0.557. The van der Waals surface area contributed by atoms with E-state index in [-0.39, 0.29) is 38.9 Å². The van der Waals surface area contributed by atoms with Crippen LogP contribution in [0.2, 0.25) is 5.02 Å². The maximum absolute atomic E-state index is 14.7. The predicted octanol–water partition coefficient (Wildman–Crippen LogP) is 5.24. The van der Waals surface area contributed by atoms with Gasteiger partial charge in [-0.2, -0.15) is 0 Å². The van der Waals surface area contributed by atoms with Crippen LogP contribution in [-0.2, 0) is 25.5 Å². The van der Waals surface area contributed by atoms with Gasteiger partial charge < -0.3 is 25.9 Å². The van der Waals surface area contributed by atoms with E-state index in [1.165, 1.54) is 9.91 Å². The molecule has 252 valence electrons. The highest BCUT2D eigenvalue weighted by Gasteiger charge is 2.49. The topological polar surface area (TPSA) is 145 Å². The monoisotopic (exact) mass is 665 g/mol. The standard InChI is InChI=1S/C35H44ClN5O6/c1-6-41(46,30(42)17-19-38-34(45)47-35(3,4)5)40-23(2)18-20-39(33(44)31(40)26-14-10-15-27(36)21-26)29(32(37)43)22-25-13-9-12-24-11-7-8-16-28(24)25/h7-16,21,23,29,31H,6,17-20,22H2,1-5H3,(H2,37,43)(H,38,45). The number of benzene rings is 3. The van der Waals surface area contributed by atoms with Gasteiger partial charge in [0, 0.05) is 24.5 Å². The van der Waals surface area contributed by atoms with Crippen molar-refractivity contribution in [2.75, 3.05) is 19.6 Å². The number of nitrogens with zero attached hydrogens (tertiary/aromatic N) is 3. The Hall–Kier alpha value is -4.03. The van der Waals surface area contributed by atoms with Crippen LogP contribution in [0.3, 0.4) is 0 Å². The highest BCUT2D eigenvalue weighted by atomic mass is 35.5. The van der Waals surface area contributed by atoms with Crippen molar-refractivity contribution in [3.05, 3.63) is 88.1 Å². The number of rotatable bonds is 10. The maximum Gasteiger partial charge on any atom is 0.407 e. The number of alkyl carbamates (subject to hydrolysis) is 1. The summed E-state index contributed by atoms with van der Waals surface area (Å²) in [5.74, 6) is -1.96. The minimum Gasteiger partial charge on any atom is -0.604 e. The third kappa shape index (κ3) is 8.28. The Morgan fingerprint density at radius 2 is 1.79 bits per heavy atom. The van der Waals surface area contributed by atoms with Gasteiger partial charge >= 0.3 is 12.0 Å². The van der Waals surface area contributed by atoms with Gasteiger partial charge in [0.05, 0.1) is 12.5 Å². The first-order chi connectivity index (χ1) is 22.2. The molecule has 47 heavy (non-hydrogen) atoms. The zero-order valence-corrected chi connectivity index (χ0v) is 28.3. The normalized spacial score (nSPS) is 19.5. The summed E-state index contributed by atoms with van der Waals surface area (Å²) in [5, 5.41) is 20.9. The van der Waals surface area contributed by atoms with Crippen LogP contribution in [0.25, 0.3) is 10.8 Å². The van der Waals surface area contributed by atoms with E-state index in [0.29, 0.717) is 10.6 Å². The van der Waals surface area contributed by atoms with E-state index in [4.69, 9.17) is 22.1 Å². The molecule has 0 aliphatic carbocycles. The molecule has 3 N–H and O–H groups in total. The number of nitrogens with one attached hydrogen (secondary N) is 1. The minimum atomic E-state index is -1.46. The Bertz CT molecular complexity index is 1620. The molecule has 1 aliphatic rings. The van der Waals surface area contributed by atoms with Crippen molar-refractivity contribution in [3.8, 4) is 0 Å². The van der Waals surface area contributed by atoms with Gasteiger partial charge in [0.2, 0.25) is 5.91 Å². The zero-order valence-electron chi connectivity index (χ0n) is 27.6. The fourth-order valence-electron chi connectivity index (χ4n) is 6.15. The van der Waals surface area contributed by atoms with Crippen LogP contribution < -0.4 is 11.1 Å². The zero-order chi connectivity index (χ0) is 34.5. The summed E-state index contributed by atoms with van der Waals surface area (Å²) in [6, 6.07) is 17.3. The summed E-state index contributed by atoms with van der Waals surface area (Å²) in [5.41, 5.74) is 6.52. The Kier molecular flexibility index (Phi) is 11.3. The molecule has 0 aromatic heterocycles. The molecule has 0 spiro atoms. The molecule has 1 heterocycles. The first kappa shape index (κ1) is 35.8. The highest BCUT2D eigenvalue weighted by Crippen LogP contribution is 2.37. The minimum absolute atomic E-state index is 0.129. The molecular weight excluding hydrogens is 622 g/mol. The molecule has 1 fully saturated rings. The molecule has 12 heteroatoms. The smallest absolute Gasteiger partial charge is 0.407 e. The maximum atomic E-state index is 14.7. The van der Waals surface area contributed by atoms with Crippen LogP contribution in [0.15, 0.2) is 66.7 Å². The second-order valence-electron chi connectivity index (χ2n) is 12.9. The molecule has 0 bridgehead atoms. The number of primary amides is 1. The molecule has 11 nitrogen and oxygen atoms in total.